The van der Waals surface area contributed by atoms with Gasteiger partial charge in [0, 0.05) is 19.2 Å². The van der Waals surface area contributed by atoms with Gasteiger partial charge in [0.15, 0.2) is 0 Å². The monoisotopic (exact) mass is 329 g/mol. The normalized spacial score (nSPS) is 24.1. The summed E-state index contributed by atoms with van der Waals surface area (Å²) in [4.78, 5) is 16.4. The van der Waals surface area contributed by atoms with Crippen molar-refractivity contribution in [2.75, 3.05) is 18.0 Å². The summed E-state index contributed by atoms with van der Waals surface area (Å²) in [5.74, 6) is 0.698. The first-order valence-corrected chi connectivity index (χ1v) is 6.96. The molecule has 1 saturated heterocycles. The average Bonchev–Trinajstić information content (AvgIpc) is 2.50. The topological polar surface area (TPSA) is 79.5 Å². The predicted octanol–water partition coefficient (Wildman–Crippen LogP) is 2.49. The van der Waals surface area contributed by atoms with Crippen molar-refractivity contribution in [1.29, 1.82) is 0 Å². The van der Waals surface area contributed by atoms with Crippen molar-refractivity contribution in [2.24, 2.45) is 0 Å². The summed E-state index contributed by atoms with van der Waals surface area (Å²) >= 11 is 3.33. The van der Waals surface area contributed by atoms with Gasteiger partial charge < -0.3 is 10.0 Å². The molecule has 6 nitrogen and oxygen atoms in total. The van der Waals surface area contributed by atoms with Gasteiger partial charge >= 0.3 is 0 Å². The van der Waals surface area contributed by atoms with E-state index in [-0.39, 0.29) is 5.69 Å². The van der Waals surface area contributed by atoms with Crippen LogP contribution >= 0.6 is 15.9 Å². The molecule has 1 aromatic rings. The van der Waals surface area contributed by atoms with Crippen LogP contribution in [-0.4, -0.2) is 33.7 Å². The van der Waals surface area contributed by atoms with Crippen molar-refractivity contribution in [1.82, 2.24) is 4.98 Å². The van der Waals surface area contributed by atoms with Crippen molar-refractivity contribution >= 4 is 27.4 Å². The van der Waals surface area contributed by atoms with E-state index in [1.165, 1.54) is 12.3 Å². The molecule has 0 saturated carbocycles. The zero-order valence-corrected chi connectivity index (χ0v) is 12.3. The highest BCUT2D eigenvalue weighted by Crippen LogP contribution is 2.30. The van der Waals surface area contributed by atoms with Crippen LogP contribution in [0, 0.1) is 10.1 Å². The molecule has 1 N–H and O–H groups in total. The molecule has 0 aliphatic carbocycles. The van der Waals surface area contributed by atoms with Gasteiger partial charge in [-0.1, -0.05) is 0 Å². The number of pyridine rings is 1. The van der Waals surface area contributed by atoms with Crippen molar-refractivity contribution in [2.45, 2.75) is 31.8 Å². The van der Waals surface area contributed by atoms with Gasteiger partial charge in [-0.05, 0) is 42.1 Å². The molecule has 0 amide bonds. The fourth-order valence-corrected chi connectivity index (χ4v) is 2.82. The highest BCUT2D eigenvalue weighted by atomic mass is 79.9. The summed E-state index contributed by atoms with van der Waals surface area (Å²) in [5, 5.41) is 20.7. The lowest BCUT2D eigenvalue weighted by molar-refractivity contribution is -0.385. The minimum atomic E-state index is -0.637. The third-order valence-electron chi connectivity index (χ3n) is 3.38. The Hall–Kier alpha value is -1.21. The maximum Gasteiger partial charge on any atom is 0.288 e. The molecule has 1 fully saturated rings. The van der Waals surface area contributed by atoms with E-state index in [9.17, 15) is 15.2 Å². The van der Waals surface area contributed by atoms with Crippen LogP contribution in [0.25, 0.3) is 0 Å². The van der Waals surface area contributed by atoms with Gasteiger partial charge in [0.2, 0.25) is 0 Å². The molecule has 0 bridgehead atoms. The fraction of sp³-hybridized carbons (Fsp3) is 0.583. The van der Waals surface area contributed by atoms with E-state index in [0.717, 1.165) is 19.4 Å². The minimum Gasteiger partial charge on any atom is -0.390 e. The number of aromatic nitrogens is 1. The molecule has 2 heterocycles. The van der Waals surface area contributed by atoms with Crippen molar-refractivity contribution in [3.63, 3.8) is 0 Å². The molecule has 1 aromatic heterocycles. The van der Waals surface area contributed by atoms with E-state index in [1.807, 2.05) is 6.92 Å². The van der Waals surface area contributed by atoms with E-state index in [1.54, 1.807) is 0 Å². The summed E-state index contributed by atoms with van der Waals surface area (Å²) < 4.78 is 0.614. The molecule has 1 aliphatic heterocycles. The molecule has 2 rings (SSSR count). The summed E-state index contributed by atoms with van der Waals surface area (Å²) in [6.45, 7) is 3.32. The molecule has 104 valence electrons. The van der Waals surface area contributed by atoms with Crippen molar-refractivity contribution in [3.05, 3.63) is 26.9 Å². The van der Waals surface area contributed by atoms with Gasteiger partial charge in [0.05, 0.1) is 15.0 Å². The van der Waals surface area contributed by atoms with Crippen molar-refractivity contribution < 1.29 is 10.0 Å². The van der Waals surface area contributed by atoms with Gasteiger partial charge in [-0.3, -0.25) is 10.1 Å². The van der Waals surface area contributed by atoms with Gasteiger partial charge in [-0.15, -0.1) is 0 Å². The van der Waals surface area contributed by atoms with Crippen LogP contribution in [0.3, 0.4) is 0 Å². The third-order valence-corrected chi connectivity index (χ3v) is 3.96. The highest BCUT2D eigenvalue weighted by Gasteiger charge is 2.26. The Balaban J connectivity index is 2.20. The van der Waals surface area contributed by atoms with Crippen LogP contribution in [0.4, 0.5) is 11.5 Å². The lowest BCUT2D eigenvalue weighted by atomic mass is 9.98. The molecule has 7 heteroatoms. The van der Waals surface area contributed by atoms with E-state index >= 15 is 0 Å². The lowest BCUT2D eigenvalue weighted by Gasteiger charge is -2.24. The smallest absolute Gasteiger partial charge is 0.288 e. The Morgan fingerprint density at radius 1 is 1.53 bits per heavy atom. The molecule has 1 atom stereocenters. The predicted molar refractivity (Wildman–Crippen MR) is 75.3 cm³/mol. The summed E-state index contributed by atoms with van der Waals surface area (Å²) in [7, 11) is 0. The lowest BCUT2D eigenvalue weighted by Crippen LogP contribution is -2.29. The fourth-order valence-electron chi connectivity index (χ4n) is 2.23. The first-order chi connectivity index (χ1) is 8.89. The van der Waals surface area contributed by atoms with Gasteiger partial charge in [0.1, 0.15) is 12.0 Å². The summed E-state index contributed by atoms with van der Waals surface area (Å²) in [6, 6.07) is 1.46. The molecular formula is C12H16BrN3O3. The van der Waals surface area contributed by atoms with E-state index in [2.05, 4.69) is 25.8 Å². The number of hydrogen-bond acceptors (Lipinski definition) is 5. The molecule has 1 unspecified atom stereocenters. The molecule has 19 heavy (non-hydrogen) atoms. The Labute approximate surface area is 119 Å². The quantitative estimate of drug-likeness (QED) is 0.666. The van der Waals surface area contributed by atoms with Crippen LogP contribution in [0.5, 0.6) is 0 Å². The maximum atomic E-state index is 10.7. The molecular weight excluding hydrogens is 314 g/mol. The number of rotatable bonds is 2. The van der Waals surface area contributed by atoms with Gasteiger partial charge in [-0.25, -0.2) is 4.98 Å². The van der Waals surface area contributed by atoms with Crippen LogP contribution < -0.4 is 4.90 Å². The number of anilines is 1. The Morgan fingerprint density at radius 3 is 2.89 bits per heavy atom. The molecule has 0 aromatic carbocycles. The first-order valence-electron chi connectivity index (χ1n) is 6.16. The van der Waals surface area contributed by atoms with E-state index in [0.29, 0.717) is 23.3 Å². The van der Waals surface area contributed by atoms with Gasteiger partial charge in [-0.2, -0.15) is 0 Å². The second kappa shape index (κ2) is 5.42. The standard InChI is InChI=1S/C12H16BrN3O3/c1-12(17)3-2-5-15(6-4-12)11-10(13)7-9(8-14-11)16(18)19/h7-8,17H,2-6H2,1H3. The number of nitrogens with zero attached hydrogens (tertiary/aromatic N) is 3. The number of aliphatic hydroxyl groups is 1. The van der Waals surface area contributed by atoms with Gasteiger partial charge in [0.25, 0.3) is 5.69 Å². The zero-order valence-electron chi connectivity index (χ0n) is 10.7. The Morgan fingerprint density at radius 2 is 2.26 bits per heavy atom. The molecule has 0 spiro atoms. The Kier molecular flexibility index (Phi) is 4.05. The number of halogens is 1. The Bertz CT molecular complexity index is 493. The number of hydrogen-bond donors (Lipinski definition) is 1. The average molecular weight is 330 g/mol. The molecule has 1 aliphatic rings. The first kappa shape index (κ1) is 14.2. The zero-order chi connectivity index (χ0) is 14.0. The summed E-state index contributed by atoms with van der Waals surface area (Å²) in [6.07, 6.45) is 3.56. The largest absolute Gasteiger partial charge is 0.390 e. The minimum absolute atomic E-state index is 0.0301. The van der Waals surface area contributed by atoms with Crippen LogP contribution in [0.1, 0.15) is 26.2 Å². The van der Waals surface area contributed by atoms with Crippen LogP contribution in [0.2, 0.25) is 0 Å². The second-order valence-electron chi connectivity index (χ2n) is 5.09. The highest BCUT2D eigenvalue weighted by molar-refractivity contribution is 9.10. The third kappa shape index (κ3) is 3.42. The SMILES string of the molecule is CC1(O)CCCN(c2ncc([N+](=O)[O-])cc2Br)CC1. The van der Waals surface area contributed by atoms with Crippen molar-refractivity contribution in [3.8, 4) is 0 Å². The maximum absolute atomic E-state index is 10.7. The number of nitro groups is 1. The second-order valence-corrected chi connectivity index (χ2v) is 5.95. The van der Waals surface area contributed by atoms with E-state index < -0.39 is 10.5 Å². The van der Waals surface area contributed by atoms with Crippen LogP contribution in [-0.2, 0) is 0 Å². The van der Waals surface area contributed by atoms with Crippen LogP contribution in [0.15, 0.2) is 16.7 Å². The van der Waals surface area contributed by atoms with E-state index in [4.69, 9.17) is 0 Å². The summed E-state index contributed by atoms with van der Waals surface area (Å²) in [5.41, 5.74) is -0.667. The molecule has 0 radical (unpaired) electrons.